The Balaban J connectivity index is 2.13. The Kier molecular flexibility index (Phi) is 3.85. The summed E-state index contributed by atoms with van der Waals surface area (Å²) in [4.78, 5) is 11.4. The van der Waals surface area contributed by atoms with Crippen LogP contribution in [-0.2, 0) is 14.3 Å². The van der Waals surface area contributed by atoms with Gasteiger partial charge in [-0.25, -0.2) is 4.79 Å². The number of fused-ring (bicyclic) bond motifs is 1. The highest BCUT2D eigenvalue weighted by Gasteiger charge is 2.73. The number of carbonyl (C=O) groups excluding carboxylic acids is 1. The summed E-state index contributed by atoms with van der Waals surface area (Å²) in [6, 6.07) is 0. The van der Waals surface area contributed by atoms with E-state index in [2.05, 4.69) is 26.8 Å². The van der Waals surface area contributed by atoms with Crippen LogP contribution in [0.3, 0.4) is 0 Å². The van der Waals surface area contributed by atoms with E-state index in [1.807, 2.05) is 19.9 Å². The van der Waals surface area contributed by atoms with E-state index in [1.165, 1.54) is 18.9 Å². The second-order valence-corrected chi connectivity index (χ2v) is 6.78. The van der Waals surface area contributed by atoms with Crippen LogP contribution >= 0.6 is 0 Å². The van der Waals surface area contributed by atoms with Gasteiger partial charge in [-0.15, -0.1) is 0 Å². The van der Waals surface area contributed by atoms with Crippen molar-refractivity contribution in [3.8, 4) is 0 Å². The maximum atomic E-state index is 11.4. The lowest BCUT2D eigenvalue weighted by atomic mass is 9.64. The summed E-state index contributed by atoms with van der Waals surface area (Å²) < 4.78 is 11.1. The Labute approximate surface area is 122 Å². The average Bonchev–Trinajstić information content (AvgIpc) is 2.95. The van der Waals surface area contributed by atoms with Crippen molar-refractivity contribution in [3.63, 3.8) is 0 Å². The minimum absolute atomic E-state index is 0.0323. The molecule has 2 aliphatic rings. The third kappa shape index (κ3) is 2.44. The van der Waals surface area contributed by atoms with Gasteiger partial charge in [0.1, 0.15) is 5.60 Å². The first kappa shape index (κ1) is 15.3. The molecule has 0 aromatic carbocycles. The van der Waals surface area contributed by atoms with Crippen LogP contribution in [0.2, 0.25) is 0 Å². The van der Waals surface area contributed by atoms with Gasteiger partial charge in [-0.05, 0) is 51.7 Å². The van der Waals surface area contributed by atoms with Gasteiger partial charge in [0.25, 0.3) is 0 Å². The summed E-state index contributed by atoms with van der Waals surface area (Å²) in [6.07, 6.45) is 9.18. The van der Waals surface area contributed by atoms with Crippen LogP contribution in [0.1, 0.15) is 53.9 Å². The maximum absolute atomic E-state index is 11.4. The second-order valence-electron chi connectivity index (χ2n) is 6.78. The van der Waals surface area contributed by atoms with Gasteiger partial charge in [-0.1, -0.05) is 19.9 Å². The van der Waals surface area contributed by atoms with Gasteiger partial charge >= 0.3 is 5.97 Å². The lowest BCUT2D eigenvalue weighted by Gasteiger charge is -2.36. The highest BCUT2D eigenvalue weighted by Crippen LogP contribution is 2.66. The average molecular weight is 278 g/mol. The SMILES string of the molecule is CCOC(=O)/C=C(C)\C=C\C12OC1(C)CCCC2(C)C. The fourth-order valence-corrected chi connectivity index (χ4v) is 3.58. The number of rotatable bonds is 4. The van der Waals surface area contributed by atoms with Crippen LogP contribution in [0.25, 0.3) is 0 Å². The van der Waals surface area contributed by atoms with Gasteiger partial charge in [-0.3, -0.25) is 0 Å². The van der Waals surface area contributed by atoms with Gasteiger partial charge in [0.15, 0.2) is 0 Å². The number of esters is 1. The van der Waals surface area contributed by atoms with Crippen molar-refractivity contribution in [2.75, 3.05) is 6.61 Å². The van der Waals surface area contributed by atoms with Crippen LogP contribution < -0.4 is 0 Å². The van der Waals surface area contributed by atoms with Gasteiger partial charge in [0.05, 0.1) is 12.2 Å². The van der Waals surface area contributed by atoms with Gasteiger partial charge in [0, 0.05) is 11.5 Å². The highest BCUT2D eigenvalue weighted by atomic mass is 16.6. The molecule has 1 saturated heterocycles. The van der Waals surface area contributed by atoms with E-state index in [9.17, 15) is 4.79 Å². The lowest BCUT2D eigenvalue weighted by molar-refractivity contribution is -0.137. The van der Waals surface area contributed by atoms with Crippen LogP contribution in [-0.4, -0.2) is 23.8 Å². The molecule has 0 N–H and O–H groups in total. The predicted octanol–water partition coefficient (Wildman–Crippen LogP) is 3.79. The number of hydrogen-bond donors (Lipinski definition) is 0. The zero-order valence-electron chi connectivity index (χ0n) is 13.3. The molecule has 0 spiro atoms. The van der Waals surface area contributed by atoms with E-state index >= 15 is 0 Å². The molecular weight excluding hydrogens is 252 g/mol. The minimum atomic E-state index is -0.283. The van der Waals surface area contributed by atoms with Gasteiger partial charge in [0.2, 0.25) is 0 Å². The number of ether oxygens (including phenoxy) is 2. The Morgan fingerprint density at radius 1 is 1.30 bits per heavy atom. The number of hydrogen-bond acceptors (Lipinski definition) is 3. The Morgan fingerprint density at radius 3 is 2.60 bits per heavy atom. The number of epoxide rings is 1. The molecular formula is C17H26O3. The van der Waals surface area contributed by atoms with E-state index in [4.69, 9.17) is 9.47 Å². The third-order valence-corrected chi connectivity index (χ3v) is 4.80. The van der Waals surface area contributed by atoms with Crippen molar-refractivity contribution in [2.45, 2.75) is 65.1 Å². The molecule has 2 unspecified atom stereocenters. The van der Waals surface area contributed by atoms with E-state index in [0.717, 1.165) is 12.0 Å². The largest absolute Gasteiger partial charge is 0.463 e. The van der Waals surface area contributed by atoms with Gasteiger partial charge < -0.3 is 9.47 Å². The summed E-state index contributed by atoms with van der Waals surface area (Å²) in [5.41, 5.74) is 0.829. The van der Waals surface area contributed by atoms with E-state index in [1.54, 1.807) is 0 Å². The zero-order chi connectivity index (χ0) is 15.0. The van der Waals surface area contributed by atoms with Crippen molar-refractivity contribution in [1.29, 1.82) is 0 Å². The fraction of sp³-hybridized carbons (Fsp3) is 0.706. The number of carbonyl (C=O) groups is 1. The maximum Gasteiger partial charge on any atom is 0.330 e. The summed E-state index contributed by atoms with van der Waals surface area (Å²) in [6.45, 7) is 10.9. The molecule has 112 valence electrons. The first-order chi connectivity index (χ1) is 9.26. The monoisotopic (exact) mass is 278 g/mol. The van der Waals surface area contributed by atoms with E-state index < -0.39 is 0 Å². The molecule has 1 saturated carbocycles. The van der Waals surface area contributed by atoms with Gasteiger partial charge in [-0.2, -0.15) is 0 Å². The molecule has 2 atom stereocenters. The quantitative estimate of drug-likeness (QED) is 0.340. The van der Waals surface area contributed by atoms with Crippen molar-refractivity contribution < 1.29 is 14.3 Å². The highest BCUT2D eigenvalue weighted by molar-refractivity contribution is 5.83. The normalized spacial score (nSPS) is 35.8. The fourth-order valence-electron chi connectivity index (χ4n) is 3.58. The smallest absolute Gasteiger partial charge is 0.330 e. The molecule has 0 amide bonds. The minimum Gasteiger partial charge on any atom is -0.463 e. The molecule has 20 heavy (non-hydrogen) atoms. The van der Waals surface area contributed by atoms with Crippen LogP contribution in [0.5, 0.6) is 0 Å². The second kappa shape index (κ2) is 5.03. The molecule has 0 aromatic heterocycles. The molecule has 2 fully saturated rings. The molecule has 0 radical (unpaired) electrons. The van der Waals surface area contributed by atoms with Crippen LogP contribution in [0, 0.1) is 5.41 Å². The first-order valence-corrected chi connectivity index (χ1v) is 7.51. The standard InChI is InChI=1S/C17H26O3/c1-6-19-14(18)12-13(2)8-11-17-15(3,4)9-7-10-16(17,5)20-17/h8,11-12H,6-7,9-10H2,1-5H3/b11-8+,13-12-. The predicted molar refractivity (Wildman–Crippen MR) is 79.4 cm³/mol. The molecule has 0 bridgehead atoms. The Morgan fingerprint density at radius 2 is 2.00 bits per heavy atom. The first-order valence-electron chi connectivity index (χ1n) is 7.51. The molecule has 1 heterocycles. The Hall–Kier alpha value is -1.09. The van der Waals surface area contributed by atoms with E-state index in [0.29, 0.717) is 6.61 Å². The Bertz CT molecular complexity index is 461. The molecule has 3 nitrogen and oxygen atoms in total. The molecule has 2 rings (SSSR count). The van der Waals surface area contributed by atoms with Crippen LogP contribution in [0.4, 0.5) is 0 Å². The van der Waals surface area contributed by atoms with Crippen molar-refractivity contribution in [2.24, 2.45) is 5.41 Å². The molecule has 1 aliphatic carbocycles. The number of allylic oxidation sites excluding steroid dienone is 2. The van der Waals surface area contributed by atoms with E-state index in [-0.39, 0.29) is 22.6 Å². The summed E-state index contributed by atoms with van der Waals surface area (Å²) in [7, 11) is 0. The third-order valence-electron chi connectivity index (χ3n) is 4.80. The van der Waals surface area contributed by atoms with Crippen molar-refractivity contribution >= 4 is 5.97 Å². The lowest BCUT2D eigenvalue weighted by Crippen LogP contribution is -2.41. The summed E-state index contributed by atoms with van der Waals surface area (Å²) in [5.74, 6) is -0.283. The van der Waals surface area contributed by atoms with Crippen LogP contribution in [0.15, 0.2) is 23.8 Å². The summed E-state index contributed by atoms with van der Waals surface area (Å²) >= 11 is 0. The topological polar surface area (TPSA) is 38.8 Å². The summed E-state index contributed by atoms with van der Waals surface area (Å²) in [5, 5.41) is 0. The van der Waals surface area contributed by atoms with Crippen molar-refractivity contribution in [1.82, 2.24) is 0 Å². The zero-order valence-corrected chi connectivity index (χ0v) is 13.3. The molecule has 3 heteroatoms. The molecule has 1 aliphatic heterocycles. The molecule has 0 aromatic rings. The van der Waals surface area contributed by atoms with Crippen molar-refractivity contribution in [3.05, 3.63) is 23.8 Å².